The Morgan fingerprint density at radius 1 is 1.48 bits per heavy atom. The minimum absolute atomic E-state index is 0.125. The quantitative estimate of drug-likeness (QED) is 0.638. The molecule has 0 unspecified atom stereocenters. The van der Waals surface area contributed by atoms with Crippen LogP contribution in [-0.2, 0) is 13.6 Å². The highest BCUT2D eigenvalue weighted by molar-refractivity contribution is 6.00. The maximum Gasteiger partial charge on any atom is 0.270 e. The van der Waals surface area contributed by atoms with Crippen molar-refractivity contribution in [2.45, 2.75) is 6.54 Å². The fraction of sp³-hybridized carbons (Fsp3) is 0.231. The standard InChI is InChI=1S/C13H15N5O3/c1-14-12-4-3-10(18(20)21)5-11(12)13(19)15-6-9-7-16-17(2)8-9/h3-5,7-8,14H,6H2,1-2H3,(H,15,19). The van der Waals surface area contributed by atoms with Gasteiger partial charge in [-0.15, -0.1) is 0 Å². The smallest absolute Gasteiger partial charge is 0.270 e. The number of nitro benzene ring substituents is 1. The number of non-ortho nitro benzene ring substituents is 1. The van der Waals surface area contributed by atoms with E-state index in [0.717, 1.165) is 5.56 Å². The largest absolute Gasteiger partial charge is 0.387 e. The first-order chi connectivity index (χ1) is 10.0. The van der Waals surface area contributed by atoms with Gasteiger partial charge in [-0.3, -0.25) is 19.6 Å². The van der Waals surface area contributed by atoms with Gasteiger partial charge in [0.2, 0.25) is 0 Å². The van der Waals surface area contributed by atoms with Crippen molar-refractivity contribution < 1.29 is 9.72 Å². The van der Waals surface area contributed by atoms with Crippen LogP contribution in [-0.4, -0.2) is 27.7 Å². The molecule has 0 bridgehead atoms. The first-order valence-electron chi connectivity index (χ1n) is 6.23. The van der Waals surface area contributed by atoms with Gasteiger partial charge in [0.25, 0.3) is 11.6 Å². The molecular formula is C13H15N5O3. The molecule has 21 heavy (non-hydrogen) atoms. The number of nitro groups is 1. The number of hydrogen-bond acceptors (Lipinski definition) is 5. The van der Waals surface area contributed by atoms with Crippen molar-refractivity contribution in [3.8, 4) is 0 Å². The summed E-state index contributed by atoms with van der Waals surface area (Å²) in [7, 11) is 3.43. The van der Waals surface area contributed by atoms with Gasteiger partial charge in [-0.05, 0) is 6.07 Å². The molecule has 0 aliphatic carbocycles. The van der Waals surface area contributed by atoms with Crippen LogP contribution in [0.2, 0.25) is 0 Å². The number of hydrogen-bond donors (Lipinski definition) is 2. The third kappa shape index (κ3) is 3.35. The Balaban J connectivity index is 2.17. The molecule has 1 aromatic carbocycles. The van der Waals surface area contributed by atoms with Gasteiger partial charge >= 0.3 is 0 Å². The van der Waals surface area contributed by atoms with E-state index in [1.54, 1.807) is 31.2 Å². The van der Waals surface area contributed by atoms with Gasteiger partial charge in [0.05, 0.1) is 16.7 Å². The van der Waals surface area contributed by atoms with Crippen LogP contribution in [0.4, 0.5) is 11.4 Å². The number of benzene rings is 1. The molecule has 2 aromatic rings. The molecule has 1 aromatic heterocycles. The average molecular weight is 289 g/mol. The third-order valence-electron chi connectivity index (χ3n) is 2.94. The summed E-state index contributed by atoms with van der Waals surface area (Å²) in [5, 5.41) is 20.4. The predicted octanol–water partition coefficient (Wildman–Crippen LogP) is 1.30. The lowest BCUT2D eigenvalue weighted by atomic mass is 10.1. The Morgan fingerprint density at radius 3 is 2.81 bits per heavy atom. The summed E-state index contributed by atoms with van der Waals surface area (Å²) >= 11 is 0. The van der Waals surface area contributed by atoms with Crippen molar-refractivity contribution in [1.82, 2.24) is 15.1 Å². The Bertz CT molecular complexity index is 680. The van der Waals surface area contributed by atoms with E-state index in [4.69, 9.17) is 0 Å². The maximum atomic E-state index is 12.2. The SMILES string of the molecule is CNc1ccc([N+](=O)[O-])cc1C(=O)NCc1cnn(C)c1. The topological polar surface area (TPSA) is 102 Å². The summed E-state index contributed by atoms with van der Waals surface area (Å²) in [4.78, 5) is 22.4. The van der Waals surface area contributed by atoms with Gasteiger partial charge in [-0.2, -0.15) is 5.10 Å². The Morgan fingerprint density at radius 2 is 2.24 bits per heavy atom. The summed E-state index contributed by atoms with van der Waals surface area (Å²) in [5.74, 6) is -0.382. The fourth-order valence-corrected chi connectivity index (χ4v) is 1.89. The van der Waals surface area contributed by atoms with Crippen molar-refractivity contribution in [2.24, 2.45) is 7.05 Å². The van der Waals surface area contributed by atoms with Gasteiger partial charge in [-0.1, -0.05) is 0 Å². The molecule has 1 amide bonds. The summed E-state index contributed by atoms with van der Waals surface area (Å²) < 4.78 is 1.63. The summed E-state index contributed by atoms with van der Waals surface area (Å²) in [5.41, 5.74) is 1.49. The average Bonchev–Trinajstić information content (AvgIpc) is 2.89. The first-order valence-corrected chi connectivity index (χ1v) is 6.23. The molecule has 0 radical (unpaired) electrons. The van der Waals surface area contributed by atoms with Gasteiger partial charge in [0.15, 0.2) is 0 Å². The molecule has 0 fully saturated rings. The molecule has 0 saturated carbocycles. The van der Waals surface area contributed by atoms with Gasteiger partial charge in [0.1, 0.15) is 0 Å². The zero-order chi connectivity index (χ0) is 15.4. The minimum Gasteiger partial charge on any atom is -0.387 e. The lowest BCUT2D eigenvalue weighted by Gasteiger charge is -2.09. The van der Waals surface area contributed by atoms with Crippen LogP contribution < -0.4 is 10.6 Å². The van der Waals surface area contributed by atoms with Gasteiger partial charge in [-0.25, -0.2) is 0 Å². The summed E-state index contributed by atoms with van der Waals surface area (Å²) in [6.45, 7) is 0.304. The number of nitrogens with one attached hydrogen (secondary N) is 2. The molecule has 2 rings (SSSR count). The fourth-order valence-electron chi connectivity index (χ4n) is 1.89. The van der Waals surface area contributed by atoms with E-state index in [9.17, 15) is 14.9 Å². The maximum absolute atomic E-state index is 12.2. The molecule has 0 atom stereocenters. The Hall–Kier alpha value is -2.90. The van der Waals surface area contributed by atoms with Crippen LogP contribution in [0.25, 0.3) is 0 Å². The van der Waals surface area contributed by atoms with Crippen molar-refractivity contribution in [2.75, 3.05) is 12.4 Å². The van der Waals surface area contributed by atoms with Crippen molar-refractivity contribution in [3.63, 3.8) is 0 Å². The number of aromatic nitrogens is 2. The van der Waals surface area contributed by atoms with Crippen molar-refractivity contribution >= 4 is 17.3 Å². The van der Waals surface area contributed by atoms with E-state index in [2.05, 4.69) is 15.7 Å². The predicted molar refractivity (Wildman–Crippen MR) is 77.0 cm³/mol. The number of nitrogens with zero attached hydrogens (tertiary/aromatic N) is 3. The highest BCUT2D eigenvalue weighted by atomic mass is 16.6. The highest BCUT2D eigenvalue weighted by Gasteiger charge is 2.16. The van der Waals surface area contributed by atoms with Crippen LogP contribution >= 0.6 is 0 Å². The zero-order valence-electron chi connectivity index (χ0n) is 11.7. The minimum atomic E-state index is -0.530. The number of aryl methyl sites for hydroxylation is 1. The summed E-state index contributed by atoms with van der Waals surface area (Å²) in [6, 6.07) is 4.12. The van der Waals surface area contributed by atoms with Crippen LogP contribution in [0.3, 0.4) is 0 Å². The molecule has 0 spiro atoms. The highest BCUT2D eigenvalue weighted by Crippen LogP contribution is 2.21. The van der Waals surface area contributed by atoms with E-state index < -0.39 is 4.92 Å². The molecule has 0 aliphatic heterocycles. The van der Waals surface area contributed by atoms with Crippen molar-refractivity contribution in [1.29, 1.82) is 0 Å². The van der Waals surface area contributed by atoms with Gasteiger partial charge in [0, 0.05) is 50.2 Å². The molecule has 1 heterocycles. The lowest BCUT2D eigenvalue weighted by molar-refractivity contribution is -0.384. The van der Waals surface area contributed by atoms with E-state index in [1.165, 1.54) is 18.2 Å². The molecule has 0 saturated heterocycles. The molecule has 2 N–H and O–H groups in total. The Labute approximate surface area is 120 Å². The normalized spacial score (nSPS) is 10.2. The molecule has 0 aliphatic rings. The van der Waals surface area contributed by atoms with Crippen LogP contribution in [0.5, 0.6) is 0 Å². The van der Waals surface area contributed by atoms with Crippen LogP contribution in [0.15, 0.2) is 30.6 Å². The van der Waals surface area contributed by atoms with E-state index in [1.807, 2.05) is 0 Å². The number of carbonyl (C=O) groups is 1. The number of rotatable bonds is 5. The first kappa shape index (κ1) is 14.5. The van der Waals surface area contributed by atoms with E-state index in [0.29, 0.717) is 12.2 Å². The molecule has 8 heteroatoms. The monoisotopic (exact) mass is 289 g/mol. The van der Waals surface area contributed by atoms with E-state index >= 15 is 0 Å². The van der Waals surface area contributed by atoms with Crippen LogP contribution in [0.1, 0.15) is 15.9 Å². The molecule has 110 valence electrons. The van der Waals surface area contributed by atoms with Gasteiger partial charge < -0.3 is 10.6 Å². The zero-order valence-corrected chi connectivity index (χ0v) is 11.7. The number of amides is 1. The molecular weight excluding hydrogens is 274 g/mol. The number of anilines is 1. The molecule has 8 nitrogen and oxygen atoms in total. The number of carbonyl (C=O) groups excluding carboxylic acids is 1. The Kier molecular flexibility index (Phi) is 4.17. The second-order valence-corrected chi connectivity index (χ2v) is 4.44. The second kappa shape index (κ2) is 6.04. The summed E-state index contributed by atoms with van der Waals surface area (Å²) in [6.07, 6.45) is 3.43. The second-order valence-electron chi connectivity index (χ2n) is 4.44. The van der Waals surface area contributed by atoms with Crippen molar-refractivity contribution in [3.05, 3.63) is 51.8 Å². The lowest BCUT2D eigenvalue weighted by Crippen LogP contribution is -2.23. The van der Waals surface area contributed by atoms with Crippen LogP contribution in [0, 0.1) is 10.1 Å². The van der Waals surface area contributed by atoms with E-state index in [-0.39, 0.29) is 17.2 Å². The third-order valence-corrected chi connectivity index (χ3v) is 2.94.